The van der Waals surface area contributed by atoms with Crippen molar-refractivity contribution in [1.29, 1.82) is 0 Å². The first kappa shape index (κ1) is 12.9. The van der Waals surface area contributed by atoms with E-state index in [1.807, 2.05) is 6.07 Å². The summed E-state index contributed by atoms with van der Waals surface area (Å²) in [5.74, 6) is 0.322. The largest absolute Gasteiger partial charge is 0.508 e. The van der Waals surface area contributed by atoms with Crippen LogP contribution in [0.4, 0.5) is 0 Å². The van der Waals surface area contributed by atoms with E-state index in [1.54, 1.807) is 24.3 Å². The number of rotatable bonds is 0. The number of para-hydroxylation sites is 1. The van der Waals surface area contributed by atoms with Crippen LogP contribution in [0.2, 0.25) is 0 Å². The van der Waals surface area contributed by atoms with Crippen LogP contribution < -0.4 is 5.73 Å². The molecule has 1 fully saturated rings. The fourth-order valence-corrected chi connectivity index (χ4v) is 1.47. The predicted molar refractivity (Wildman–Crippen MR) is 58.7 cm³/mol. The number of nitrogens with two attached hydrogens (primary N) is 1. The van der Waals surface area contributed by atoms with E-state index in [0.29, 0.717) is 5.75 Å². The predicted octanol–water partition coefficient (Wildman–Crippen LogP) is -0.808. The summed E-state index contributed by atoms with van der Waals surface area (Å²) in [4.78, 5) is 0. The molecule has 1 aliphatic carbocycles. The summed E-state index contributed by atoms with van der Waals surface area (Å²) in [6.45, 7) is 0. The number of benzene rings is 1. The third-order valence-corrected chi connectivity index (χ3v) is 2.45. The van der Waals surface area contributed by atoms with Gasteiger partial charge in [0.15, 0.2) is 0 Å². The molecule has 0 saturated heterocycles. The normalized spacial score (nSPS) is 33.0. The molecule has 16 heavy (non-hydrogen) atoms. The van der Waals surface area contributed by atoms with Gasteiger partial charge in [0.05, 0.1) is 12.2 Å². The van der Waals surface area contributed by atoms with Gasteiger partial charge >= 0.3 is 0 Å². The summed E-state index contributed by atoms with van der Waals surface area (Å²) in [5, 5.41) is 35.2. The molecular weight excluding hydrogens is 210 g/mol. The van der Waals surface area contributed by atoms with Gasteiger partial charge in [0.25, 0.3) is 0 Å². The molecule has 0 radical (unpaired) electrons. The van der Waals surface area contributed by atoms with Gasteiger partial charge in [-0.1, -0.05) is 18.2 Å². The van der Waals surface area contributed by atoms with Gasteiger partial charge in [0, 0.05) is 6.04 Å². The maximum absolute atomic E-state index is 8.90. The van der Waals surface area contributed by atoms with E-state index < -0.39 is 24.4 Å². The van der Waals surface area contributed by atoms with Gasteiger partial charge < -0.3 is 26.2 Å². The van der Waals surface area contributed by atoms with Crippen LogP contribution in [0.5, 0.6) is 5.75 Å². The van der Waals surface area contributed by atoms with Gasteiger partial charge in [0.2, 0.25) is 0 Å². The average Bonchev–Trinajstić information content (AvgIpc) is 2.48. The lowest BCUT2D eigenvalue weighted by Crippen LogP contribution is -2.36. The van der Waals surface area contributed by atoms with Crippen LogP contribution in [0.1, 0.15) is 6.42 Å². The maximum atomic E-state index is 8.90. The second kappa shape index (κ2) is 5.81. The van der Waals surface area contributed by atoms with Crippen LogP contribution in [-0.2, 0) is 0 Å². The molecule has 5 heteroatoms. The van der Waals surface area contributed by atoms with Gasteiger partial charge in [-0.15, -0.1) is 0 Å². The molecule has 4 atom stereocenters. The highest BCUT2D eigenvalue weighted by molar-refractivity contribution is 5.18. The van der Waals surface area contributed by atoms with Crippen LogP contribution >= 0.6 is 0 Å². The number of aliphatic hydroxyl groups excluding tert-OH is 3. The molecule has 2 rings (SSSR count). The molecule has 0 heterocycles. The molecule has 1 aromatic rings. The highest BCUT2D eigenvalue weighted by Gasteiger charge is 2.38. The third-order valence-electron chi connectivity index (χ3n) is 2.45. The zero-order chi connectivity index (χ0) is 12.1. The van der Waals surface area contributed by atoms with Crippen LogP contribution in [0.15, 0.2) is 30.3 Å². The quantitative estimate of drug-likeness (QED) is 0.398. The maximum Gasteiger partial charge on any atom is 0.115 e. The summed E-state index contributed by atoms with van der Waals surface area (Å²) < 4.78 is 0. The molecule has 1 saturated carbocycles. The van der Waals surface area contributed by atoms with Gasteiger partial charge in [-0.2, -0.15) is 0 Å². The molecule has 90 valence electrons. The molecule has 0 aromatic heterocycles. The minimum atomic E-state index is -1.06. The minimum absolute atomic E-state index is 0.280. The van der Waals surface area contributed by atoms with E-state index in [4.69, 9.17) is 26.2 Å². The summed E-state index contributed by atoms with van der Waals surface area (Å²) >= 11 is 0. The van der Waals surface area contributed by atoms with Gasteiger partial charge in [-0.05, 0) is 18.6 Å². The Morgan fingerprint density at radius 3 is 1.75 bits per heavy atom. The molecule has 0 bridgehead atoms. The van der Waals surface area contributed by atoms with E-state index in [2.05, 4.69) is 0 Å². The van der Waals surface area contributed by atoms with Crippen LogP contribution in [0, 0.1) is 0 Å². The Morgan fingerprint density at radius 1 is 1.00 bits per heavy atom. The van der Waals surface area contributed by atoms with Crippen molar-refractivity contribution in [2.24, 2.45) is 5.73 Å². The summed E-state index contributed by atoms with van der Waals surface area (Å²) in [6, 6.07) is 8.24. The summed E-state index contributed by atoms with van der Waals surface area (Å²) in [6.07, 6.45) is -2.59. The first-order chi connectivity index (χ1) is 7.52. The van der Waals surface area contributed by atoms with E-state index >= 15 is 0 Å². The van der Waals surface area contributed by atoms with Crippen molar-refractivity contribution in [3.8, 4) is 5.75 Å². The smallest absolute Gasteiger partial charge is 0.115 e. The number of aliphatic hydroxyl groups is 3. The molecule has 0 aliphatic heterocycles. The number of hydrogen-bond donors (Lipinski definition) is 5. The van der Waals surface area contributed by atoms with E-state index in [0.717, 1.165) is 0 Å². The van der Waals surface area contributed by atoms with Crippen molar-refractivity contribution in [2.75, 3.05) is 0 Å². The number of phenolic OH excluding ortho intramolecular Hbond substituents is 1. The second-order valence-corrected chi connectivity index (χ2v) is 3.78. The van der Waals surface area contributed by atoms with Crippen molar-refractivity contribution < 1.29 is 20.4 Å². The van der Waals surface area contributed by atoms with Crippen molar-refractivity contribution in [3.63, 3.8) is 0 Å². The number of phenols is 1. The van der Waals surface area contributed by atoms with E-state index in [9.17, 15) is 0 Å². The van der Waals surface area contributed by atoms with Crippen LogP contribution in [0.3, 0.4) is 0 Å². The first-order valence-electron chi connectivity index (χ1n) is 5.06. The minimum Gasteiger partial charge on any atom is -0.508 e. The monoisotopic (exact) mass is 227 g/mol. The highest BCUT2D eigenvalue weighted by atomic mass is 16.4. The van der Waals surface area contributed by atoms with Gasteiger partial charge in [0.1, 0.15) is 11.9 Å². The first-order valence-corrected chi connectivity index (χ1v) is 5.06. The Labute approximate surface area is 93.8 Å². The Balaban J connectivity index is 0.000000165. The zero-order valence-electron chi connectivity index (χ0n) is 8.77. The lowest BCUT2D eigenvalue weighted by molar-refractivity contribution is -0.0205. The second-order valence-electron chi connectivity index (χ2n) is 3.78. The van der Waals surface area contributed by atoms with Crippen molar-refractivity contribution >= 4 is 0 Å². The molecule has 0 spiro atoms. The Hall–Kier alpha value is -1.14. The lowest BCUT2D eigenvalue weighted by Gasteiger charge is -2.11. The van der Waals surface area contributed by atoms with E-state index in [-0.39, 0.29) is 6.42 Å². The highest BCUT2D eigenvalue weighted by Crippen LogP contribution is 2.18. The number of aromatic hydroxyl groups is 1. The SMILES string of the molecule is N[C@@H]1C[C@H](O)[C@@H](O)[C@H]1O.Oc1ccccc1. The molecule has 1 aliphatic rings. The lowest BCUT2D eigenvalue weighted by atomic mass is 10.2. The molecule has 0 amide bonds. The Kier molecular flexibility index (Phi) is 4.70. The summed E-state index contributed by atoms with van der Waals surface area (Å²) in [5.41, 5.74) is 5.29. The fourth-order valence-electron chi connectivity index (χ4n) is 1.47. The van der Waals surface area contributed by atoms with Crippen molar-refractivity contribution in [2.45, 2.75) is 30.8 Å². The molecular formula is C11H17NO4. The standard InChI is InChI=1S/C6H6O.C5H11NO3/c7-6-4-2-1-3-5-6;6-2-1-3(7)5(9)4(2)8/h1-5,7H;2-5,7-9H,1,6H2/t;2-,3+,4+,5-/m.1/s1. The number of hydrogen-bond acceptors (Lipinski definition) is 5. The topological polar surface area (TPSA) is 107 Å². The Bertz CT molecular complexity index is 294. The fraction of sp³-hybridized carbons (Fsp3) is 0.455. The Morgan fingerprint density at radius 2 is 1.56 bits per heavy atom. The van der Waals surface area contributed by atoms with Crippen LogP contribution in [0.25, 0.3) is 0 Å². The van der Waals surface area contributed by atoms with Gasteiger partial charge in [-0.25, -0.2) is 0 Å². The van der Waals surface area contributed by atoms with Crippen LogP contribution in [-0.4, -0.2) is 44.8 Å². The molecule has 5 nitrogen and oxygen atoms in total. The zero-order valence-corrected chi connectivity index (χ0v) is 8.77. The molecule has 0 unspecified atom stereocenters. The average molecular weight is 227 g/mol. The van der Waals surface area contributed by atoms with E-state index in [1.165, 1.54) is 0 Å². The molecule has 6 N–H and O–H groups in total. The van der Waals surface area contributed by atoms with Crippen molar-refractivity contribution in [3.05, 3.63) is 30.3 Å². The van der Waals surface area contributed by atoms with Crippen molar-refractivity contribution in [1.82, 2.24) is 0 Å². The third kappa shape index (κ3) is 3.46. The van der Waals surface area contributed by atoms with Gasteiger partial charge in [-0.3, -0.25) is 0 Å². The molecule has 1 aromatic carbocycles. The summed E-state index contributed by atoms with van der Waals surface area (Å²) in [7, 11) is 0.